The second-order valence-corrected chi connectivity index (χ2v) is 8.15. The number of carbonyl (C=O) groups excluding carboxylic acids is 1. The normalized spacial score (nSPS) is 13.2. The maximum atomic E-state index is 12.3. The van der Waals surface area contributed by atoms with Gasteiger partial charge in [0.2, 0.25) is 5.91 Å². The molecule has 0 atom stereocenters. The summed E-state index contributed by atoms with van der Waals surface area (Å²) in [6, 6.07) is 8.99. The zero-order valence-corrected chi connectivity index (χ0v) is 15.6. The van der Waals surface area contributed by atoms with Crippen molar-refractivity contribution < 1.29 is 4.79 Å². The first-order valence-corrected chi connectivity index (χ1v) is 10.2. The lowest BCUT2D eigenvalue weighted by Gasteiger charge is -2.11. The molecule has 0 bridgehead atoms. The van der Waals surface area contributed by atoms with Gasteiger partial charge in [-0.3, -0.25) is 4.79 Å². The highest BCUT2D eigenvalue weighted by Crippen LogP contribution is 2.39. The van der Waals surface area contributed by atoms with Gasteiger partial charge < -0.3 is 5.32 Å². The van der Waals surface area contributed by atoms with Crippen molar-refractivity contribution in [3.8, 4) is 6.07 Å². The number of hydrogen-bond acceptors (Lipinski definition) is 6. The molecule has 0 spiro atoms. The molecular weight excluding hydrogens is 364 g/mol. The first kappa shape index (κ1) is 17.0. The van der Waals surface area contributed by atoms with Crippen LogP contribution in [0.3, 0.4) is 0 Å². The van der Waals surface area contributed by atoms with Gasteiger partial charge in [-0.15, -0.1) is 11.3 Å². The van der Waals surface area contributed by atoms with Crippen LogP contribution in [0.5, 0.6) is 0 Å². The lowest BCUT2D eigenvalue weighted by Crippen LogP contribution is -2.14. The summed E-state index contributed by atoms with van der Waals surface area (Å²) in [7, 11) is 0. The second kappa shape index (κ2) is 7.44. The van der Waals surface area contributed by atoms with Crippen LogP contribution in [0, 0.1) is 11.3 Å². The number of nitrogens with zero attached hydrogens (tertiary/aromatic N) is 3. The largest absolute Gasteiger partial charge is 0.325 e. The van der Waals surface area contributed by atoms with Crippen LogP contribution >= 0.6 is 23.1 Å². The molecule has 3 aromatic rings. The Bertz CT molecular complexity index is 1020. The van der Waals surface area contributed by atoms with Gasteiger partial charge in [0.15, 0.2) is 0 Å². The Hall–Kier alpha value is -2.43. The van der Waals surface area contributed by atoms with E-state index in [4.69, 9.17) is 5.26 Å². The SMILES string of the molecule is N#Cc1cccc(NC(=O)CSc2ncnc3sc4c(c23)CCCC4)c1. The summed E-state index contributed by atoms with van der Waals surface area (Å²) >= 11 is 3.20. The van der Waals surface area contributed by atoms with Crippen LogP contribution in [0.2, 0.25) is 0 Å². The number of fused-ring (bicyclic) bond motifs is 3. The molecule has 1 N–H and O–H groups in total. The zero-order valence-electron chi connectivity index (χ0n) is 14.0. The molecule has 26 heavy (non-hydrogen) atoms. The van der Waals surface area contributed by atoms with E-state index in [0.717, 1.165) is 28.1 Å². The van der Waals surface area contributed by atoms with Gasteiger partial charge in [-0.1, -0.05) is 17.8 Å². The monoisotopic (exact) mass is 380 g/mol. The third kappa shape index (κ3) is 3.43. The van der Waals surface area contributed by atoms with E-state index in [2.05, 4.69) is 21.4 Å². The van der Waals surface area contributed by atoms with Gasteiger partial charge in [-0.25, -0.2) is 9.97 Å². The summed E-state index contributed by atoms with van der Waals surface area (Å²) in [4.78, 5) is 23.6. The Morgan fingerprint density at radius 2 is 2.19 bits per heavy atom. The van der Waals surface area contributed by atoms with Crippen LogP contribution in [0.4, 0.5) is 5.69 Å². The zero-order chi connectivity index (χ0) is 17.9. The molecular formula is C19H16N4OS2. The standard InChI is InChI=1S/C19H16N4OS2/c20-9-12-4-3-5-13(8-12)23-16(24)10-25-18-17-14-6-1-2-7-15(14)26-19(17)22-11-21-18/h3-5,8,11H,1-2,6-7,10H2,(H,23,24). The fourth-order valence-electron chi connectivity index (χ4n) is 3.17. The number of rotatable bonds is 4. The Morgan fingerprint density at radius 3 is 3.08 bits per heavy atom. The first-order valence-electron chi connectivity index (χ1n) is 8.42. The summed E-state index contributed by atoms with van der Waals surface area (Å²) in [6.07, 6.45) is 6.22. The Labute approximate surface area is 159 Å². The molecule has 0 radical (unpaired) electrons. The molecule has 1 aliphatic rings. The highest BCUT2D eigenvalue weighted by molar-refractivity contribution is 8.00. The van der Waals surface area contributed by atoms with Gasteiger partial charge in [-0.05, 0) is 49.4 Å². The summed E-state index contributed by atoms with van der Waals surface area (Å²) in [5, 5.41) is 13.8. The van der Waals surface area contributed by atoms with Crippen LogP contribution in [0.15, 0.2) is 35.6 Å². The molecule has 5 nitrogen and oxygen atoms in total. The molecule has 0 saturated carbocycles. The number of hydrogen-bond donors (Lipinski definition) is 1. The lowest BCUT2D eigenvalue weighted by atomic mass is 9.97. The first-order chi connectivity index (χ1) is 12.7. The minimum Gasteiger partial charge on any atom is -0.325 e. The summed E-state index contributed by atoms with van der Waals surface area (Å²) in [5.74, 6) is 0.161. The van der Waals surface area contributed by atoms with E-state index in [0.29, 0.717) is 11.3 Å². The van der Waals surface area contributed by atoms with Crippen LogP contribution in [-0.2, 0) is 17.6 Å². The number of carbonyl (C=O) groups is 1. The number of thioether (sulfide) groups is 1. The molecule has 1 amide bonds. The third-order valence-corrected chi connectivity index (χ3v) is 6.52. The molecule has 0 saturated heterocycles. The van der Waals surface area contributed by atoms with E-state index in [-0.39, 0.29) is 11.7 Å². The molecule has 2 aromatic heterocycles. The number of aromatic nitrogens is 2. The van der Waals surface area contributed by atoms with Gasteiger partial charge in [0.1, 0.15) is 16.2 Å². The van der Waals surface area contributed by atoms with Crippen molar-refractivity contribution in [2.45, 2.75) is 30.7 Å². The number of nitrogens with one attached hydrogen (secondary N) is 1. The summed E-state index contributed by atoms with van der Waals surface area (Å²) in [6.45, 7) is 0. The van der Waals surface area contributed by atoms with Crippen LogP contribution in [0.25, 0.3) is 10.2 Å². The molecule has 2 heterocycles. The van der Waals surface area contributed by atoms with Crippen LogP contribution < -0.4 is 5.32 Å². The van der Waals surface area contributed by atoms with Crippen molar-refractivity contribution in [1.82, 2.24) is 9.97 Å². The van der Waals surface area contributed by atoms with Crippen molar-refractivity contribution in [3.05, 3.63) is 46.6 Å². The Kier molecular flexibility index (Phi) is 4.87. The van der Waals surface area contributed by atoms with E-state index < -0.39 is 0 Å². The van der Waals surface area contributed by atoms with Crippen molar-refractivity contribution in [1.29, 1.82) is 5.26 Å². The fraction of sp³-hybridized carbons (Fsp3) is 0.263. The number of benzene rings is 1. The third-order valence-electron chi connectivity index (χ3n) is 4.33. The number of thiophene rings is 1. The van der Waals surface area contributed by atoms with E-state index >= 15 is 0 Å². The highest BCUT2D eigenvalue weighted by atomic mass is 32.2. The Balaban J connectivity index is 1.50. The maximum absolute atomic E-state index is 12.3. The van der Waals surface area contributed by atoms with Crippen LogP contribution in [-0.4, -0.2) is 21.6 Å². The molecule has 0 aliphatic heterocycles. The predicted molar refractivity (Wildman–Crippen MR) is 105 cm³/mol. The average molecular weight is 380 g/mol. The second-order valence-electron chi connectivity index (χ2n) is 6.10. The predicted octanol–water partition coefficient (Wildman–Crippen LogP) is 4.17. The minimum absolute atomic E-state index is 0.110. The van der Waals surface area contributed by atoms with Crippen LogP contribution in [0.1, 0.15) is 28.8 Å². The van der Waals surface area contributed by atoms with Crippen molar-refractivity contribution in [2.75, 3.05) is 11.1 Å². The minimum atomic E-state index is -0.110. The summed E-state index contributed by atoms with van der Waals surface area (Å²) < 4.78 is 0. The van der Waals surface area contributed by atoms with Gasteiger partial charge in [0, 0.05) is 16.0 Å². The smallest absolute Gasteiger partial charge is 0.234 e. The van der Waals surface area contributed by atoms with Gasteiger partial charge >= 0.3 is 0 Å². The van der Waals surface area contributed by atoms with Gasteiger partial charge in [0.05, 0.1) is 17.4 Å². The van der Waals surface area contributed by atoms with E-state index in [9.17, 15) is 4.79 Å². The Morgan fingerprint density at radius 1 is 1.31 bits per heavy atom. The van der Waals surface area contributed by atoms with Crippen molar-refractivity contribution >= 4 is 44.9 Å². The molecule has 1 aliphatic carbocycles. The van der Waals surface area contributed by atoms with Crippen molar-refractivity contribution in [2.24, 2.45) is 0 Å². The molecule has 0 unspecified atom stereocenters. The van der Waals surface area contributed by atoms with E-state index in [1.807, 2.05) is 0 Å². The van der Waals surface area contributed by atoms with E-state index in [1.165, 1.54) is 35.0 Å². The molecule has 4 rings (SSSR count). The molecule has 1 aromatic carbocycles. The lowest BCUT2D eigenvalue weighted by molar-refractivity contribution is -0.113. The number of aryl methyl sites for hydroxylation is 2. The maximum Gasteiger partial charge on any atom is 0.234 e. The van der Waals surface area contributed by atoms with Crippen molar-refractivity contribution in [3.63, 3.8) is 0 Å². The molecule has 0 fully saturated rings. The van der Waals surface area contributed by atoms with E-state index in [1.54, 1.807) is 41.9 Å². The highest BCUT2D eigenvalue weighted by Gasteiger charge is 2.20. The van der Waals surface area contributed by atoms with Gasteiger partial charge in [-0.2, -0.15) is 5.26 Å². The van der Waals surface area contributed by atoms with Gasteiger partial charge in [0.25, 0.3) is 0 Å². The number of anilines is 1. The topological polar surface area (TPSA) is 78.7 Å². The fourth-order valence-corrected chi connectivity index (χ4v) is 5.29. The number of amides is 1. The molecule has 130 valence electrons. The molecule has 7 heteroatoms. The average Bonchev–Trinajstić information content (AvgIpc) is 3.05. The summed E-state index contributed by atoms with van der Waals surface area (Å²) in [5.41, 5.74) is 2.54. The number of nitriles is 1. The quantitative estimate of drug-likeness (QED) is 0.543.